The van der Waals surface area contributed by atoms with Crippen molar-refractivity contribution in [2.45, 2.75) is 34.1 Å². The van der Waals surface area contributed by atoms with Gasteiger partial charge in [0.1, 0.15) is 24.1 Å². The number of ether oxygens (including phenoxy) is 2. The molecule has 0 radical (unpaired) electrons. The van der Waals surface area contributed by atoms with Crippen molar-refractivity contribution in [1.82, 2.24) is 14.5 Å². The summed E-state index contributed by atoms with van der Waals surface area (Å²) in [5.41, 5.74) is -0.991. The third-order valence-corrected chi connectivity index (χ3v) is 5.42. The van der Waals surface area contributed by atoms with Gasteiger partial charge in [0, 0.05) is 24.0 Å². The molecular weight excluding hydrogens is 493 g/mol. The topological polar surface area (TPSA) is 90.7 Å². The zero-order valence-electron chi connectivity index (χ0n) is 19.2. The van der Waals surface area contributed by atoms with E-state index in [9.17, 15) is 14.4 Å². The molecule has 0 saturated heterocycles. The Bertz CT molecular complexity index is 926. The second kappa shape index (κ2) is 13.4. The molecule has 0 bridgehead atoms. The van der Waals surface area contributed by atoms with E-state index in [4.69, 9.17) is 39.5 Å². The predicted octanol–water partition coefficient (Wildman–Crippen LogP) is 5.38. The first-order valence-electron chi connectivity index (χ1n) is 10.1. The van der Waals surface area contributed by atoms with Gasteiger partial charge in [-0.05, 0) is 39.3 Å². The molecule has 0 aliphatic heterocycles. The molecule has 0 aliphatic rings. The van der Waals surface area contributed by atoms with Crippen LogP contribution in [-0.2, 0) is 14.3 Å². The molecular formula is C22H28Cl3N3O5. The number of aromatic nitrogens is 2. The normalized spacial score (nSPS) is 10.7. The van der Waals surface area contributed by atoms with Crippen molar-refractivity contribution in [3.63, 3.8) is 0 Å². The van der Waals surface area contributed by atoms with Crippen LogP contribution in [0, 0.1) is 5.41 Å². The Morgan fingerprint density at radius 3 is 2.15 bits per heavy atom. The lowest BCUT2D eigenvalue weighted by Crippen LogP contribution is -2.37. The van der Waals surface area contributed by atoms with Gasteiger partial charge in [-0.3, -0.25) is 14.2 Å². The van der Waals surface area contributed by atoms with E-state index in [1.54, 1.807) is 43.3 Å². The predicted molar refractivity (Wildman–Crippen MR) is 128 cm³/mol. The molecule has 11 heteroatoms. The van der Waals surface area contributed by atoms with E-state index in [0.29, 0.717) is 33.9 Å². The quantitative estimate of drug-likeness (QED) is 0.343. The smallest absolute Gasteiger partial charge is 0.329 e. The van der Waals surface area contributed by atoms with E-state index in [1.807, 2.05) is 6.92 Å². The molecule has 0 atom stereocenters. The van der Waals surface area contributed by atoms with Gasteiger partial charge in [0.05, 0.1) is 23.7 Å². The van der Waals surface area contributed by atoms with Gasteiger partial charge in [-0.15, -0.1) is 0 Å². The Morgan fingerprint density at radius 1 is 1.12 bits per heavy atom. The van der Waals surface area contributed by atoms with E-state index >= 15 is 0 Å². The van der Waals surface area contributed by atoms with Crippen molar-refractivity contribution in [1.29, 1.82) is 0 Å². The summed E-state index contributed by atoms with van der Waals surface area (Å²) in [7, 11) is 1.27. The number of amides is 1. The minimum atomic E-state index is -0.991. The van der Waals surface area contributed by atoms with Crippen LogP contribution in [0.5, 0.6) is 5.75 Å². The van der Waals surface area contributed by atoms with Crippen LogP contribution < -0.4 is 4.74 Å². The number of esters is 1. The lowest BCUT2D eigenvalue weighted by atomic mass is 9.89. The van der Waals surface area contributed by atoms with E-state index in [0.717, 1.165) is 6.42 Å². The first-order chi connectivity index (χ1) is 15.4. The lowest BCUT2D eigenvalue weighted by Gasteiger charge is -2.22. The summed E-state index contributed by atoms with van der Waals surface area (Å²) < 4.78 is 11.5. The monoisotopic (exact) mass is 519 g/mol. The number of Topliss-reactive ketones (excluding diaryl/α,β-unsaturated/α-hetero) is 1. The highest BCUT2D eigenvalue weighted by Crippen LogP contribution is 2.35. The van der Waals surface area contributed by atoms with Crippen molar-refractivity contribution < 1.29 is 23.9 Å². The summed E-state index contributed by atoms with van der Waals surface area (Å²) >= 11 is 18.0. The van der Waals surface area contributed by atoms with Crippen molar-refractivity contribution in [2.75, 3.05) is 26.8 Å². The van der Waals surface area contributed by atoms with Gasteiger partial charge in [-0.1, -0.05) is 41.7 Å². The number of methoxy groups -OCH3 is 1. The molecule has 0 fully saturated rings. The SMILES string of the molecule is CCCN(CCOc1c(Cl)cc(Cl)cc1Cl)C(=O)n1ccnc1.COC(=O)C(C)(C)C(C)=O. The van der Waals surface area contributed by atoms with Gasteiger partial charge in [0.25, 0.3) is 0 Å². The van der Waals surface area contributed by atoms with Crippen molar-refractivity contribution in [3.05, 3.63) is 45.9 Å². The zero-order chi connectivity index (χ0) is 25.2. The molecule has 8 nitrogen and oxygen atoms in total. The molecule has 33 heavy (non-hydrogen) atoms. The Morgan fingerprint density at radius 2 is 1.73 bits per heavy atom. The molecule has 1 amide bonds. The maximum Gasteiger partial charge on any atom is 0.329 e. The summed E-state index contributed by atoms with van der Waals surface area (Å²) in [6.07, 6.45) is 5.48. The number of benzene rings is 1. The molecule has 1 aromatic carbocycles. The largest absolute Gasteiger partial charge is 0.489 e. The van der Waals surface area contributed by atoms with Crippen molar-refractivity contribution in [3.8, 4) is 5.75 Å². The number of ketones is 1. The van der Waals surface area contributed by atoms with E-state index in [1.165, 1.54) is 24.9 Å². The molecule has 1 aromatic heterocycles. The number of hydrogen-bond donors (Lipinski definition) is 0. The number of carbonyl (C=O) groups is 3. The van der Waals surface area contributed by atoms with Crippen LogP contribution in [0.3, 0.4) is 0 Å². The van der Waals surface area contributed by atoms with Gasteiger partial charge >= 0.3 is 12.0 Å². The van der Waals surface area contributed by atoms with Gasteiger partial charge < -0.3 is 14.4 Å². The van der Waals surface area contributed by atoms with E-state index < -0.39 is 11.4 Å². The second-order valence-electron chi connectivity index (χ2n) is 7.46. The highest BCUT2D eigenvalue weighted by atomic mass is 35.5. The first kappa shape index (κ1) is 28.7. The number of imidazole rings is 1. The Kier molecular flexibility index (Phi) is 11.7. The van der Waals surface area contributed by atoms with E-state index in [-0.39, 0.29) is 18.4 Å². The minimum Gasteiger partial charge on any atom is -0.489 e. The highest BCUT2D eigenvalue weighted by molar-refractivity contribution is 6.40. The third kappa shape index (κ3) is 8.53. The summed E-state index contributed by atoms with van der Waals surface area (Å²) in [6.45, 7) is 7.74. The van der Waals surface area contributed by atoms with Crippen LogP contribution >= 0.6 is 34.8 Å². The van der Waals surface area contributed by atoms with Crippen LogP contribution in [0.15, 0.2) is 30.9 Å². The molecule has 0 N–H and O–H groups in total. The number of hydrogen-bond acceptors (Lipinski definition) is 6. The Balaban J connectivity index is 0.000000461. The highest BCUT2D eigenvalue weighted by Gasteiger charge is 2.33. The van der Waals surface area contributed by atoms with Crippen LogP contribution in [-0.4, -0.2) is 59.0 Å². The van der Waals surface area contributed by atoms with Gasteiger partial charge in [0.15, 0.2) is 5.75 Å². The van der Waals surface area contributed by atoms with Gasteiger partial charge in [0.2, 0.25) is 0 Å². The maximum atomic E-state index is 12.3. The minimum absolute atomic E-state index is 0.152. The summed E-state index contributed by atoms with van der Waals surface area (Å²) in [4.78, 5) is 39.5. The lowest BCUT2D eigenvalue weighted by molar-refractivity contribution is -0.155. The fourth-order valence-corrected chi connectivity index (χ4v) is 3.36. The summed E-state index contributed by atoms with van der Waals surface area (Å²) in [5.74, 6) is -0.302. The number of rotatable bonds is 8. The third-order valence-electron chi connectivity index (χ3n) is 4.64. The molecule has 0 saturated carbocycles. The molecule has 0 spiro atoms. The average molecular weight is 521 g/mol. The Labute approximate surface area is 208 Å². The Hall–Kier alpha value is -2.29. The molecule has 2 aromatic rings. The average Bonchev–Trinajstić information content (AvgIpc) is 3.28. The summed E-state index contributed by atoms with van der Waals surface area (Å²) in [5, 5.41) is 1.12. The number of halogens is 3. The van der Waals surface area contributed by atoms with Crippen LogP contribution in [0.4, 0.5) is 4.79 Å². The maximum absolute atomic E-state index is 12.3. The molecule has 1 heterocycles. The van der Waals surface area contributed by atoms with Crippen molar-refractivity contribution >= 4 is 52.6 Å². The molecule has 0 aliphatic carbocycles. The standard InChI is InChI=1S/C15H16Cl3N3O2.C7H12O3/c1-2-4-20(15(22)21-5-3-19-10-21)6-7-23-14-12(17)8-11(16)9-13(14)18;1-5(8)7(2,3)6(9)10-4/h3,5,8-10H,2,4,6-7H2,1H3;1-4H3. The van der Waals surface area contributed by atoms with Crippen LogP contribution in [0.1, 0.15) is 34.1 Å². The van der Waals surface area contributed by atoms with E-state index in [2.05, 4.69) is 9.72 Å². The van der Waals surface area contributed by atoms with Crippen molar-refractivity contribution in [2.24, 2.45) is 5.41 Å². The summed E-state index contributed by atoms with van der Waals surface area (Å²) in [6, 6.07) is 2.97. The molecule has 182 valence electrons. The fraction of sp³-hybridized carbons (Fsp3) is 0.455. The van der Waals surface area contributed by atoms with Crippen LogP contribution in [0.2, 0.25) is 15.1 Å². The zero-order valence-corrected chi connectivity index (χ0v) is 21.5. The second-order valence-corrected chi connectivity index (χ2v) is 8.71. The molecule has 2 rings (SSSR count). The fourth-order valence-electron chi connectivity index (χ4n) is 2.43. The molecule has 0 unspecified atom stereocenters. The van der Waals surface area contributed by atoms with Gasteiger partial charge in [-0.25, -0.2) is 9.78 Å². The first-order valence-corrected chi connectivity index (χ1v) is 11.2. The number of nitrogens with zero attached hydrogens (tertiary/aromatic N) is 3. The van der Waals surface area contributed by atoms with Gasteiger partial charge in [-0.2, -0.15) is 0 Å². The number of carbonyl (C=O) groups excluding carboxylic acids is 3. The van der Waals surface area contributed by atoms with Crippen LogP contribution in [0.25, 0.3) is 0 Å².